The highest BCUT2D eigenvalue weighted by Crippen LogP contribution is 2.06. The van der Waals surface area contributed by atoms with Crippen molar-refractivity contribution in [3.05, 3.63) is 0 Å². The van der Waals surface area contributed by atoms with Gasteiger partial charge in [-0.2, -0.15) is 0 Å². The lowest BCUT2D eigenvalue weighted by molar-refractivity contribution is -0.152. The molecule has 1 unspecified atom stereocenters. The fourth-order valence-electron chi connectivity index (χ4n) is 0.458. The van der Waals surface area contributed by atoms with E-state index in [0.717, 1.165) is 0 Å². The van der Waals surface area contributed by atoms with Gasteiger partial charge in [-0.05, 0) is 27.7 Å². The van der Waals surface area contributed by atoms with Gasteiger partial charge < -0.3 is 10.0 Å². The summed E-state index contributed by atoms with van der Waals surface area (Å²) in [7, 11) is 0. The predicted molar refractivity (Wildman–Crippen MR) is 56.6 cm³/mol. The Hall–Kier alpha value is -0.620. The molecule has 2 N–H and O–H groups in total. The first-order chi connectivity index (χ1) is 6.31. The fraction of sp³-hybridized carbons (Fsp3) is 0.750. The molecular weight excluding hydrogens is 252 g/mol. The first kappa shape index (κ1) is 13.4. The van der Waals surface area contributed by atoms with Crippen LogP contribution in [-0.4, -0.2) is 27.3 Å². The third kappa shape index (κ3) is 4.06. The maximum absolute atomic E-state index is 11.1. The largest absolute Gasteiger partial charge is 0.411 e. The molecule has 0 spiro atoms. The molecule has 0 fully saturated rings. The van der Waals surface area contributed by atoms with Crippen LogP contribution in [0.3, 0.4) is 0 Å². The average molecular weight is 267 g/mol. The normalized spacial score (nSPS) is 15.1. The molecule has 82 valence electrons. The number of hydrogen-bond donors (Lipinski definition) is 2. The highest BCUT2D eigenvalue weighted by molar-refractivity contribution is 9.10. The SMILES string of the molecule is C/C(=N/O)C(C)(C)NOC(=O)C(C)Br. The summed E-state index contributed by atoms with van der Waals surface area (Å²) in [5, 5.41) is 11.6. The van der Waals surface area contributed by atoms with Gasteiger partial charge in [-0.25, -0.2) is 4.79 Å². The Morgan fingerprint density at radius 1 is 1.64 bits per heavy atom. The molecule has 0 bridgehead atoms. The van der Waals surface area contributed by atoms with E-state index < -0.39 is 11.5 Å². The average Bonchev–Trinajstić information content (AvgIpc) is 2.12. The van der Waals surface area contributed by atoms with Gasteiger partial charge in [0.05, 0.1) is 11.3 Å². The number of carbonyl (C=O) groups is 1. The molecule has 0 aromatic carbocycles. The lowest BCUT2D eigenvalue weighted by atomic mass is 10.0. The Balaban J connectivity index is 4.19. The van der Waals surface area contributed by atoms with Crippen LogP contribution in [0.1, 0.15) is 27.7 Å². The van der Waals surface area contributed by atoms with Gasteiger partial charge in [-0.3, -0.25) is 0 Å². The molecule has 0 saturated carbocycles. The zero-order valence-electron chi connectivity index (χ0n) is 8.67. The minimum atomic E-state index is -0.688. The van der Waals surface area contributed by atoms with E-state index in [1.165, 1.54) is 0 Å². The summed E-state index contributed by atoms with van der Waals surface area (Å²) in [4.78, 5) is 15.5. The number of alkyl halides is 1. The molecule has 0 radical (unpaired) electrons. The minimum absolute atomic E-state index is 0.378. The van der Waals surface area contributed by atoms with Crippen molar-refractivity contribution >= 4 is 27.6 Å². The van der Waals surface area contributed by atoms with Gasteiger partial charge in [0.2, 0.25) is 0 Å². The van der Waals surface area contributed by atoms with Crippen molar-refractivity contribution in [2.24, 2.45) is 5.16 Å². The van der Waals surface area contributed by atoms with Crippen LogP contribution < -0.4 is 5.48 Å². The molecule has 6 heteroatoms. The van der Waals surface area contributed by atoms with Crippen LogP contribution in [-0.2, 0) is 9.63 Å². The molecule has 0 saturated heterocycles. The number of halogens is 1. The van der Waals surface area contributed by atoms with Crippen molar-refractivity contribution in [3.8, 4) is 0 Å². The van der Waals surface area contributed by atoms with E-state index in [-0.39, 0.29) is 4.83 Å². The minimum Gasteiger partial charge on any atom is -0.411 e. The molecule has 0 aliphatic carbocycles. The van der Waals surface area contributed by atoms with E-state index in [2.05, 4.69) is 26.6 Å². The summed E-state index contributed by atoms with van der Waals surface area (Å²) in [6, 6.07) is 0. The number of hydroxylamine groups is 1. The summed E-state index contributed by atoms with van der Waals surface area (Å²) >= 11 is 3.07. The third-order valence-corrected chi connectivity index (χ3v) is 2.16. The molecule has 0 aliphatic heterocycles. The van der Waals surface area contributed by atoms with E-state index in [1.807, 2.05) is 0 Å². The predicted octanol–water partition coefficient (Wildman–Crippen LogP) is 1.45. The Morgan fingerprint density at radius 3 is 2.50 bits per heavy atom. The summed E-state index contributed by atoms with van der Waals surface area (Å²) in [6.45, 7) is 6.74. The van der Waals surface area contributed by atoms with Crippen molar-refractivity contribution < 1.29 is 14.8 Å². The Bertz CT molecular complexity index is 239. The van der Waals surface area contributed by atoms with Crippen molar-refractivity contribution in [3.63, 3.8) is 0 Å². The second-order valence-corrected chi connectivity index (χ2v) is 4.82. The Labute approximate surface area is 91.6 Å². The molecule has 0 rings (SSSR count). The summed E-state index contributed by atoms with van der Waals surface area (Å²) in [5.41, 5.74) is 2.26. The maximum Gasteiger partial charge on any atom is 0.338 e. The summed E-state index contributed by atoms with van der Waals surface area (Å²) in [6.07, 6.45) is 0. The Kier molecular flexibility index (Phi) is 5.07. The smallest absolute Gasteiger partial charge is 0.338 e. The summed E-state index contributed by atoms with van der Waals surface area (Å²) < 4.78 is 0. The van der Waals surface area contributed by atoms with Crippen molar-refractivity contribution in [1.82, 2.24) is 5.48 Å². The van der Waals surface area contributed by atoms with Crippen LogP contribution in [0.4, 0.5) is 0 Å². The van der Waals surface area contributed by atoms with Gasteiger partial charge in [-0.15, -0.1) is 5.48 Å². The van der Waals surface area contributed by atoms with Crippen LogP contribution >= 0.6 is 15.9 Å². The maximum atomic E-state index is 11.1. The lowest BCUT2D eigenvalue weighted by Crippen LogP contribution is -2.47. The van der Waals surface area contributed by atoms with Crippen molar-refractivity contribution in [2.45, 2.75) is 38.1 Å². The summed E-state index contributed by atoms with van der Waals surface area (Å²) in [5.74, 6) is -0.427. The highest BCUT2D eigenvalue weighted by atomic mass is 79.9. The number of nitrogens with one attached hydrogen (secondary N) is 1. The molecule has 0 aromatic heterocycles. The molecule has 1 atom stereocenters. The van der Waals surface area contributed by atoms with Crippen molar-refractivity contribution in [2.75, 3.05) is 0 Å². The second-order valence-electron chi connectivity index (χ2n) is 3.45. The van der Waals surface area contributed by atoms with Gasteiger partial charge in [0.1, 0.15) is 4.83 Å². The molecule has 0 aromatic rings. The molecular formula is C8H15BrN2O3. The highest BCUT2D eigenvalue weighted by Gasteiger charge is 2.24. The molecule has 0 aliphatic rings. The fourth-order valence-corrected chi connectivity index (χ4v) is 0.551. The van der Waals surface area contributed by atoms with E-state index in [0.29, 0.717) is 5.71 Å². The van der Waals surface area contributed by atoms with Crippen LogP contribution in [0, 0.1) is 0 Å². The van der Waals surface area contributed by atoms with Gasteiger partial charge in [0.25, 0.3) is 0 Å². The zero-order chi connectivity index (χ0) is 11.4. The first-order valence-electron chi connectivity index (χ1n) is 4.12. The number of nitrogens with zero attached hydrogens (tertiary/aromatic N) is 1. The van der Waals surface area contributed by atoms with Crippen LogP contribution in [0.5, 0.6) is 0 Å². The Morgan fingerprint density at radius 2 is 2.14 bits per heavy atom. The quantitative estimate of drug-likeness (QED) is 0.350. The van der Waals surface area contributed by atoms with E-state index >= 15 is 0 Å². The van der Waals surface area contributed by atoms with Crippen molar-refractivity contribution in [1.29, 1.82) is 0 Å². The lowest BCUT2D eigenvalue weighted by Gasteiger charge is -2.24. The van der Waals surface area contributed by atoms with E-state index in [1.54, 1.807) is 27.7 Å². The molecule has 0 heterocycles. The van der Waals surface area contributed by atoms with E-state index in [9.17, 15) is 4.79 Å². The first-order valence-corrected chi connectivity index (χ1v) is 5.04. The van der Waals surface area contributed by atoms with Gasteiger partial charge >= 0.3 is 5.97 Å². The third-order valence-electron chi connectivity index (χ3n) is 1.79. The van der Waals surface area contributed by atoms with Crippen LogP contribution in [0.15, 0.2) is 5.16 Å². The van der Waals surface area contributed by atoms with Crippen LogP contribution in [0.2, 0.25) is 0 Å². The van der Waals surface area contributed by atoms with Gasteiger partial charge in [0.15, 0.2) is 0 Å². The topological polar surface area (TPSA) is 70.9 Å². The molecule has 14 heavy (non-hydrogen) atoms. The monoisotopic (exact) mass is 266 g/mol. The number of hydrogen-bond acceptors (Lipinski definition) is 5. The molecule has 0 amide bonds. The van der Waals surface area contributed by atoms with Gasteiger partial charge in [0, 0.05) is 0 Å². The zero-order valence-corrected chi connectivity index (χ0v) is 10.3. The number of oxime groups is 1. The molecule has 5 nitrogen and oxygen atoms in total. The number of rotatable bonds is 4. The van der Waals surface area contributed by atoms with Gasteiger partial charge in [-0.1, -0.05) is 21.1 Å². The second kappa shape index (κ2) is 5.31. The number of carbonyl (C=O) groups excluding carboxylic acids is 1. The van der Waals surface area contributed by atoms with E-state index in [4.69, 9.17) is 10.0 Å². The standard InChI is InChI=1S/C8H15BrN2O3/c1-5(9)7(12)14-11-8(3,4)6(2)10-13/h5,11,13H,1-4H3/b10-6-. The van der Waals surface area contributed by atoms with Crippen LogP contribution in [0.25, 0.3) is 0 Å².